The highest BCUT2D eigenvalue weighted by atomic mass is 35.5. The number of hydrogen-bond acceptors (Lipinski definition) is 6. The van der Waals surface area contributed by atoms with E-state index in [1.807, 2.05) is 55.6 Å². The number of fused-ring (bicyclic) bond motifs is 2. The monoisotopic (exact) mass is 479 g/mol. The summed E-state index contributed by atoms with van der Waals surface area (Å²) < 4.78 is 28.0. The van der Waals surface area contributed by atoms with Gasteiger partial charge < -0.3 is 10.6 Å². The van der Waals surface area contributed by atoms with Crippen LogP contribution >= 0.6 is 12.4 Å². The van der Waals surface area contributed by atoms with Gasteiger partial charge in [-0.25, -0.2) is 12.4 Å². The molecule has 9 heteroatoms. The van der Waals surface area contributed by atoms with Crippen LogP contribution in [0.4, 0.5) is 11.4 Å². The first kappa shape index (κ1) is 22.7. The fraction of sp³-hybridized carbons (Fsp3) is 0.0833. The van der Waals surface area contributed by atoms with Gasteiger partial charge in [0.25, 0.3) is 10.0 Å². The smallest absolute Gasteiger partial charge is 0.269 e. The Bertz CT molecular complexity index is 1540. The Balaban J connectivity index is 0.00000259. The third-order valence-corrected chi connectivity index (χ3v) is 6.96. The van der Waals surface area contributed by atoms with Crippen molar-refractivity contribution in [2.45, 2.75) is 11.4 Å². The molecule has 0 spiro atoms. The minimum atomic E-state index is -3.79. The molecular weight excluding hydrogens is 458 g/mol. The summed E-state index contributed by atoms with van der Waals surface area (Å²) in [7, 11) is -1.95. The highest BCUT2D eigenvalue weighted by molar-refractivity contribution is 7.90. The molecule has 2 N–H and O–H groups in total. The van der Waals surface area contributed by atoms with Crippen LogP contribution in [0.2, 0.25) is 0 Å². The van der Waals surface area contributed by atoms with E-state index in [-0.39, 0.29) is 17.3 Å². The van der Waals surface area contributed by atoms with Gasteiger partial charge in [0.2, 0.25) is 0 Å². The van der Waals surface area contributed by atoms with Crippen LogP contribution in [-0.4, -0.2) is 29.4 Å². The standard InChI is InChI=1S/C24H21N5O2S.ClH/c1-25-14-18-16-29(32(30,31)21-5-3-10-26-15-21)24-13-20(6-8-22(18)24)28-19-7-9-23-17(12-19)4-2-11-27-23;/h2-13,15-16,25,28H,14H2,1H3;1H. The molecule has 168 valence electrons. The van der Waals surface area contributed by atoms with E-state index in [1.54, 1.807) is 30.7 Å². The molecule has 0 saturated carbocycles. The molecule has 7 nitrogen and oxygen atoms in total. The highest BCUT2D eigenvalue weighted by Crippen LogP contribution is 2.30. The van der Waals surface area contributed by atoms with Gasteiger partial charge in [0.15, 0.2) is 0 Å². The maximum absolute atomic E-state index is 13.4. The minimum Gasteiger partial charge on any atom is -0.355 e. The Hall–Kier alpha value is -3.46. The van der Waals surface area contributed by atoms with Crippen molar-refractivity contribution in [3.63, 3.8) is 0 Å². The molecule has 33 heavy (non-hydrogen) atoms. The molecule has 0 bridgehead atoms. The number of anilines is 2. The molecule has 2 aromatic carbocycles. The van der Waals surface area contributed by atoms with Gasteiger partial charge in [-0.05, 0) is 61.1 Å². The van der Waals surface area contributed by atoms with Crippen LogP contribution in [0.15, 0.2) is 90.3 Å². The van der Waals surface area contributed by atoms with Crippen molar-refractivity contribution in [1.29, 1.82) is 0 Å². The van der Waals surface area contributed by atoms with E-state index in [0.717, 1.165) is 33.2 Å². The van der Waals surface area contributed by atoms with E-state index >= 15 is 0 Å². The first-order chi connectivity index (χ1) is 15.6. The number of benzene rings is 2. The van der Waals surface area contributed by atoms with Crippen LogP contribution in [0.25, 0.3) is 21.8 Å². The van der Waals surface area contributed by atoms with Crippen molar-refractivity contribution in [3.05, 3.63) is 91.0 Å². The number of hydrogen-bond donors (Lipinski definition) is 2. The van der Waals surface area contributed by atoms with E-state index in [2.05, 4.69) is 20.6 Å². The SMILES string of the molecule is CNCc1cn(S(=O)(=O)c2cccnc2)c2cc(Nc3ccc4ncccc4c3)ccc12.Cl. The summed E-state index contributed by atoms with van der Waals surface area (Å²) in [5, 5.41) is 8.39. The zero-order chi connectivity index (χ0) is 22.1. The number of pyridine rings is 2. The first-order valence-corrected chi connectivity index (χ1v) is 11.6. The van der Waals surface area contributed by atoms with Gasteiger partial charge in [0.05, 0.1) is 11.0 Å². The second-order valence-corrected chi connectivity index (χ2v) is 9.26. The van der Waals surface area contributed by atoms with Crippen LogP contribution in [0.5, 0.6) is 0 Å². The summed E-state index contributed by atoms with van der Waals surface area (Å²) in [5.41, 5.74) is 4.11. The molecule has 0 radical (unpaired) electrons. The minimum absolute atomic E-state index is 0. The lowest BCUT2D eigenvalue weighted by Crippen LogP contribution is -2.12. The van der Waals surface area contributed by atoms with Crippen molar-refractivity contribution in [2.24, 2.45) is 0 Å². The van der Waals surface area contributed by atoms with E-state index < -0.39 is 10.0 Å². The maximum Gasteiger partial charge on any atom is 0.269 e. The number of nitrogens with one attached hydrogen (secondary N) is 2. The highest BCUT2D eigenvalue weighted by Gasteiger charge is 2.21. The summed E-state index contributed by atoms with van der Waals surface area (Å²) in [6, 6.07) is 18.8. The first-order valence-electron chi connectivity index (χ1n) is 10.1. The third-order valence-electron chi connectivity index (χ3n) is 5.30. The average Bonchev–Trinajstić information content (AvgIpc) is 3.18. The second-order valence-electron chi connectivity index (χ2n) is 7.44. The van der Waals surface area contributed by atoms with Crippen LogP contribution in [0.3, 0.4) is 0 Å². The van der Waals surface area contributed by atoms with Crippen LogP contribution in [0, 0.1) is 0 Å². The van der Waals surface area contributed by atoms with Gasteiger partial charge in [0.1, 0.15) is 4.90 Å². The van der Waals surface area contributed by atoms with Gasteiger partial charge >= 0.3 is 0 Å². The van der Waals surface area contributed by atoms with Crippen LogP contribution < -0.4 is 10.6 Å². The third kappa shape index (κ3) is 4.28. The number of rotatable bonds is 6. The summed E-state index contributed by atoms with van der Waals surface area (Å²) >= 11 is 0. The summed E-state index contributed by atoms with van der Waals surface area (Å²) in [4.78, 5) is 8.47. The molecule has 0 saturated heterocycles. The average molecular weight is 480 g/mol. The maximum atomic E-state index is 13.4. The Morgan fingerprint density at radius 2 is 1.76 bits per heavy atom. The topological polar surface area (TPSA) is 88.9 Å². The molecule has 0 aliphatic rings. The normalized spacial score (nSPS) is 11.4. The van der Waals surface area contributed by atoms with E-state index in [9.17, 15) is 8.42 Å². The Kier molecular flexibility index (Phi) is 6.33. The van der Waals surface area contributed by atoms with Gasteiger partial charge in [-0.2, -0.15) is 0 Å². The predicted octanol–water partition coefficient (Wildman–Crippen LogP) is 4.71. The van der Waals surface area contributed by atoms with E-state index in [1.165, 1.54) is 10.2 Å². The predicted molar refractivity (Wildman–Crippen MR) is 134 cm³/mol. The molecular formula is C24H22ClN5O2S. The van der Waals surface area contributed by atoms with Crippen LogP contribution in [-0.2, 0) is 16.6 Å². The lowest BCUT2D eigenvalue weighted by atomic mass is 10.1. The Morgan fingerprint density at radius 3 is 2.55 bits per heavy atom. The second kappa shape index (κ2) is 9.19. The van der Waals surface area contributed by atoms with Crippen LogP contribution in [0.1, 0.15) is 5.56 Å². The molecule has 0 aliphatic carbocycles. The summed E-state index contributed by atoms with van der Waals surface area (Å²) in [6.45, 7) is 0.552. The fourth-order valence-corrected chi connectivity index (χ4v) is 5.16. The van der Waals surface area contributed by atoms with Crippen molar-refractivity contribution < 1.29 is 8.42 Å². The molecule has 0 amide bonds. The molecule has 5 rings (SSSR count). The molecule has 5 aromatic rings. The molecule has 0 aliphatic heterocycles. The quantitative estimate of drug-likeness (QED) is 0.367. The van der Waals surface area contributed by atoms with Crippen molar-refractivity contribution in [3.8, 4) is 0 Å². The molecule has 0 unspecified atom stereocenters. The van der Waals surface area contributed by atoms with Crippen molar-refractivity contribution in [1.82, 2.24) is 19.3 Å². The zero-order valence-corrected chi connectivity index (χ0v) is 19.4. The van der Waals surface area contributed by atoms with Gasteiger partial charge in [-0.3, -0.25) is 9.97 Å². The number of halogens is 1. The molecule has 0 fully saturated rings. The van der Waals surface area contributed by atoms with Gasteiger partial charge in [-0.1, -0.05) is 12.1 Å². The van der Waals surface area contributed by atoms with Crippen molar-refractivity contribution in [2.75, 3.05) is 12.4 Å². The zero-order valence-electron chi connectivity index (χ0n) is 17.8. The Morgan fingerprint density at radius 1 is 0.970 bits per heavy atom. The molecule has 0 atom stereocenters. The van der Waals surface area contributed by atoms with Crippen molar-refractivity contribution >= 4 is 55.6 Å². The Labute approximate surface area is 198 Å². The van der Waals surface area contributed by atoms with Gasteiger partial charge in [-0.15, -0.1) is 12.4 Å². The molecule has 3 aromatic heterocycles. The fourth-order valence-electron chi connectivity index (χ4n) is 3.81. The summed E-state index contributed by atoms with van der Waals surface area (Å²) in [6.07, 6.45) is 6.36. The number of nitrogens with zero attached hydrogens (tertiary/aromatic N) is 3. The van der Waals surface area contributed by atoms with E-state index in [4.69, 9.17) is 0 Å². The summed E-state index contributed by atoms with van der Waals surface area (Å²) in [5.74, 6) is 0. The van der Waals surface area contributed by atoms with E-state index in [0.29, 0.717) is 12.1 Å². The number of aromatic nitrogens is 3. The lowest BCUT2D eigenvalue weighted by molar-refractivity contribution is 0.588. The lowest BCUT2D eigenvalue weighted by Gasteiger charge is -2.10. The largest absolute Gasteiger partial charge is 0.355 e. The van der Waals surface area contributed by atoms with Gasteiger partial charge in [0, 0.05) is 53.5 Å². The molecule has 3 heterocycles.